The normalized spacial score (nSPS) is 21.6. The molecule has 1 aliphatic rings. The fraction of sp³-hybridized carbons (Fsp3) is 0.923. The molecule has 1 unspecified atom stereocenters. The zero-order valence-corrected chi connectivity index (χ0v) is 12.2. The van der Waals surface area contributed by atoms with Crippen LogP contribution in [-0.2, 0) is 4.79 Å². The lowest BCUT2D eigenvalue weighted by atomic mass is 9.81. The third-order valence-electron chi connectivity index (χ3n) is 4.08. The zero-order chi connectivity index (χ0) is 12.9. The van der Waals surface area contributed by atoms with Gasteiger partial charge >= 0.3 is 0 Å². The average molecular weight is 258 g/mol. The molecule has 0 aromatic rings. The molecule has 0 aliphatic carbocycles. The molecule has 0 aromatic carbocycles. The maximum atomic E-state index is 12.6. The van der Waals surface area contributed by atoms with E-state index in [1.165, 1.54) is 0 Å². The van der Waals surface area contributed by atoms with Gasteiger partial charge in [-0.15, -0.1) is 0 Å². The molecule has 0 saturated carbocycles. The lowest BCUT2D eigenvalue weighted by molar-refractivity contribution is -0.142. The van der Waals surface area contributed by atoms with E-state index in [1.54, 1.807) is 0 Å². The highest BCUT2D eigenvalue weighted by Crippen LogP contribution is 2.30. The van der Waals surface area contributed by atoms with Crippen LogP contribution in [0.5, 0.6) is 0 Å². The molecule has 1 fully saturated rings. The zero-order valence-electron chi connectivity index (χ0n) is 11.4. The van der Waals surface area contributed by atoms with Crippen molar-refractivity contribution in [3.8, 4) is 0 Å². The van der Waals surface area contributed by atoms with E-state index in [1.807, 2.05) is 16.7 Å². The summed E-state index contributed by atoms with van der Waals surface area (Å²) in [5.74, 6) is 1.35. The van der Waals surface area contributed by atoms with Crippen molar-refractivity contribution >= 4 is 17.7 Å². The minimum Gasteiger partial charge on any atom is -0.340 e. The van der Waals surface area contributed by atoms with E-state index in [4.69, 9.17) is 5.73 Å². The Labute approximate surface area is 109 Å². The first kappa shape index (κ1) is 14.8. The predicted molar refractivity (Wildman–Crippen MR) is 75.2 cm³/mol. The number of carbonyl (C=O) groups is 1. The minimum absolute atomic E-state index is 0.281. The molecule has 2 N–H and O–H groups in total. The van der Waals surface area contributed by atoms with Crippen molar-refractivity contribution in [1.82, 2.24) is 4.90 Å². The molecule has 4 heteroatoms. The summed E-state index contributed by atoms with van der Waals surface area (Å²) >= 11 is 1.99. The van der Waals surface area contributed by atoms with Crippen LogP contribution in [0.1, 0.15) is 40.0 Å². The van der Waals surface area contributed by atoms with Crippen LogP contribution in [0.3, 0.4) is 0 Å². The molecule has 17 heavy (non-hydrogen) atoms. The number of hydrogen-bond acceptors (Lipinski definition) is 3. The first-order valence-corrected chi connectivity index (χ1v) is 7.79. The van der Waals surface area contributed by atoms with Crippen molar-refractivity contribution in [1.29, 1.82) is 0 Å². The smallest absolute Gasteiger partial charge is 0.230 e. The summed E-state index contributed by atoms with van der Waals surface area (Å²) in [4.78, 5) is 14.7. The number of thioether (sulfide) groups is 1. The largest absolute Gasteiger partial charge is 0.340 e. The number of nitrogens with two attached hydrogens (primary N) is 1. The van der Waals surface area contributed by atoms with Crippen LogP contribution < -0.4 is 5.73 Å². The van der Waals surface area contributed by atoms with Gasteiger partial charge in [-0.05, 0) is 19.3 Å². The standard InChI is InChI=1S/C13H26N2OS/c1-4-11-9-15(7-8-17-11)12(16)13(5-2,6-3)10-14/h11H,4-10,14H2,1-3H3. The molecule has 100 valence electrons. The second-order valence-electron chi connectivity index (χ2n) is 4.84. The molecule has 1 heterocycles. The summed E-state index contributed by atoms with van der Waals surface area (Å²) < 4.78 is 0. The van der Waals surface area contributed by atoms with Crippen molar-refractivity contribution < 1.29 is 4.79 Å². The van der Waals surface area contributed by atoms with Crippen LogP contribution in [0.2, 0.25) is 0 Å². The molecular formula is C13H26N2OS. The highest BCUT2D eigenvalue weighted by molar-refractivity contribution is 8.00. The van der Waals surface area contributed by atoms with Gasteiger partial charge in [-0.2, -0.15) is 11.8 Å². The van der Waals surface area contributed by atoms with E-state index < -0.39 is 0 Å². The van der Waals surface area contributed by atoms with E-state index in [9.17, 15) is 4.79 Å². The highest BCUT2D eigenvalue weighted by atomic mass is 32.2. The van der Waals surface area contributed by atoms with Gasteiger partial charge in [-0.1, -0.05) is 20.8 Å². The molecule has 0 bridgehead atoms. The second kappa shape index (κ2) is 6.64. The van der Waals surface area contributed by atoms with E-state index in [2.05, 4.69) is 20.8 Å². The highest BCUT2D eigenvalue weighted by Gasteiger charge is 2.38. The summed E-state index contributed by atoms with van der Waals surface area (Å²) in [5, 5.41) is 0.608. The van der Waals surface area contributed by atoms with Gasteiger partial charge in [0.2, 0.25) is 5.91 Å². The Kier molecular flexibility index (Phi) is 5.80. The van der Waals surface area contributed by atoms with Crippen LogP contribution >= 0.6 is 11.8 Å². The minimum atomic E-state index is -0.319. The molecule has 1 aliphatic heterocycles. The lowest BCUT2D eigenvalue weighted by Gasteiger charge is -2.39. The maximum Gasteiger partial charge on any atom is 0.230 e. The fourth-order valence-corrected chi connectivity index (χ4v) is 3.59. The third kappa shape index (κ3) is 3.16. The number of carbonyl (C=O) groups excluding carboxylic acids is 1. The average Bonchev–Trinajstić information content (AvgIpc) is 2.41. The Balaban J connectivity index is 2.73. The Bertz CT molecular complexity index is 246. The quantitative estimate of drug-likeness (QED) is 0.821. The van der Waals surface area contributed by atoms with Crippen molar-refractivity contribution in [3.05, 3.63) is 0 Å². The van der Waals surface area contributed by atoms with E-state index >= 15 is 0 Å². The number of amides is 1. The summed E-state index contributed by atoms with van der Waals surface area (Å²) in [7, 11) is 0. The molecule has 1 amide bonds. The molecule has 0 spiro atoms. The SMILES string of the molecule is CCC1CN(C(=O)C(CC)(CC)CN)CCS1. The Morgan fingerprint density at radius 2 is 2.06 bits per heavy atom. The van der Waals surface area contributed by atoms with E-state index in [0.717, 1.165) is 38.1 Å². The summed E-state index contributed by atoms with van der Waals surface area (Å²) in [5.41, 5.74) is 5.53. The van der Waals surface area contributed by atoms with Crippen LogP contribution in [0.15, 0.2) is 0 Å². The molecule has 0 aromatic heterocycles. The van der Waals surface area contributed by atoms with Crippen LogP contribution in [0, 0.1) is 5.41 Å². The number of hydrogen-bond donors (Lipinski definition) is 1. The summed E-state index contributed by atoms with van der Waals surface area (Å²) in [6, 6.07) is 0. The van der Waals surface area contributed by atoms with Crippen LogP contribution in [0.25, 0.3) is 0 Å². The predicted octanol–water partition coefficient (Wildman–Crippen LogP) is 2.11. The van der Waals surface area contributed by atoms with Crippen molar-refractivity contribution in [2.75, 3.05) is 25.4 Å². The van der Waals surface area contributed by atoms with Crippen molar-refractivity contribution in [2.45, 2.75) is 45.3 Å². The Morgan fingerprint density at radius 1 is 1.41 bits per heavy atom. The monoisotopic (exact) mass is 258 g/mol. The van der Waals surface area contributed by atoms with Gasteiger partial charge in [0, 0.05) is 30.6 Å². The van der Waals surface area contributed by atoms with Gasteiger partial charge in [0.25, 0.3) is 0 Å². The number of rotatable bonds is 5. The molecule has 1 atom stereocenters. The maximum absolute atomic E-state index is 12.6. The van der Waals surface area contributed by atoms with Gasteiger partial charge in [-0.25, -0.2) is 0 Å². The first-order valence-electron chi connectivity index (χ1n) is 6.74. The van der Waals surface area contributed by atoms with Gasteiger partial charge in [-0.3, -0.25) is 4.79 Å². The van der Waals surface area contributed by atoms with Crippen molar-refractivity contribution in [2.24, 2.45) is 11.1 Å². The molecule has 0 radical (unpaired) electrons. The van der Waals surface area contributed by atoms with E-state index in [-0.39, 0.29) is 11.3 Å². The number of nitrogens with zero attached hydrogens (tertiary/aromatic N) is 1. The Morgan fingerprint density at radius 3 is 2.53 bits per heavy atom. The summed E-state index contributed by atoms with van der Waals surface area (Å²) in [6.45, 7) is 8.61. The molecular weight excluding hydrogens is 232 g/mol. The molecule has 1 rings (SSSR count). The van der Waals surface area contributed by atoms with Crippen LogP contribution in [0.4, 0.5) is 0 Å². The van der Waals surface area contributed by atoms with Crippen LogP contribution in [-0.4, -0.2) is 41.4 Å². The molecule has 3 nitrogen and oxygen atoms in total. The van der Waals surface area contributed by atoms with Gasteiger partial charge < -0.3 is 10.6 Å². The van der Waals surface area contributed by atoms with Crippen molar-refractivity contribution in [3.63, 3.8) is 0 Å². The Hall–Kier alpha value is -0.220. The third-order valence-corrected chi connectivity index (χ3v) is 5.45. The van der Waals surface area contributed by atoms with Gasteiger partial charge in [0.1, 0.15) is 0 Å². The summed E-state index contributed by atoms with van der Waals surface area (Å²) in [6.07, 6.45) is 2.83. The second-order valence-corrected chi connectivity index (χ2v) is 6.25. The van der Waals surface area contributed by atoms with Gasteiger partial charge in [0.15, 0.2) is 0 Å². The lowest BCUT2D eigenvalue weighted by Crippen LogP contribution is -2.51. The first-order chi connectivity index (χ1) is 8.13. The topological polar surface area (TPSA) is 46.3 Å². The molecule has 1 saturated heterocycles. The van der Waals surface area contributed by atoms with E-state index in [0.29, 0.717) is 11.8 Å². The fourth-order valence-electron chi connectivity index (χ4n) is 2.41. The van der Waals surface area contributed by atoms with Gasteiger partial charge in [0.05, 0.1) is 5.41 Å².